The highest BCUT2D eigenvalue weighted by Crippen LogP contribution is 2.07. The van der Waals surface area contributed by atoms with Crippen molar-refractivity contribution in [2.75, 3.05) is 6.54 Å². The molecule has 0 aliphatic carbocycles. The molecular formula is C14H17NO. The number of carbonyl (C=O) groups is 1. The summed E-state index contributed by atoms with van der Waals surface area (Å²) in [6.45, 7) is 10.4. The molecule has 0 radical (unpaired) electrons. The van der Waals surface area contributed by atoms with Crippen LogP contribution in [-0.4, -0.2) is 17.4 Å². The normalized spacial score (nSPS) is 9.56. The van der Waals surface area contributed by atoms with E-state index in [-0.39, 0.29) is 5.91 Å². The zero-order valence-corrected chi connectivity index (χ0v) is 9.65. The van der Waals surface area contributed by atoms with Gasteiger partial charge in [-0.1, -0.05) is 49.1 Å². The summed E-state index contributed by atoms with van der Waals surface area (Å²) >= 11 is 0. The van der Waals surface area contributed by atoms with E-state index in [0.717, 1.165) is 11.1 Å². The van der Waals surface area contributed by atoms with Gasteiger partial charge in [-0.15, -0.1) is 0 Å². The van der Waals surface area contributed by atoms with Crippen LogP contribution in [-0.2, 0) is 11.3 Å². The summed E-state index contributed by atoms with van der Waals surface area (Å²) < 4.78 is 0. The standard InChI is InChI=1S/C14H17NO/c1-4-14(16)15(10-12(2)3)11-13-8-6-5-7-9-13/h4-9H,1-2,10-11H2,3H3. The fourth-order valence-electron chi connectivity index (χ4n) is 1.47. The monoisotopic (exact) mass is 215 g/mol. The van der Waals surface area contributed by atoms with Crippen LogP contribution in [0.1, 0.15) is 12.5 Å². The van der Waals surface area contributed by atoms with Crippen LogP contribution >= 0.6 is 0 Å². The van der Waals surface area contributed by atoms with Gasteiger partial charge in [0.15, 0.2) is 0 Å². The summed E-state index contributed by atoms with van der Waals surface area (Å²) in [5, 5.41) is 0. The fourth-order valence-corrected chi connectivity index (χ4v) is 1.47. The smallest absolute Gasteiger partial charge is 0.246 e. The van der Waals surface area contributed by atoms with Crippen LogP contribution < -0.4 is 0 Å². The Balaban J connectivity index is 2.74. The van der Waals surface area contributed by atoms with E-state index in [2.05, 4.69) is 13.2 Å². The van der Waals surface area contributed by atoms with Gasteiger partial charge in [-0.25, -0.2) is 0 Å². The lowest BCUT2D eigenvalue weighted by molar-refractivity contribution is -0.126. The van der Waals surface area contributed by atoms with Crippen molar-refractivity contribution in [2.24, 2.45) is 0 Å². The van der Waals surface area contributed by atoms with Crippen molar-refractivity contribution >= 4 is 5.91 Å². The Hall–Kier alpha value is -1.83. The van der Waals surface area contributed by atoms with Crippen LogP contribution in [0.5, 0.6) is 0 Å². The number of rotatable bonds is 5. The summed E-state index contributed by atoms with van der Waals surface area (Å²) in [6, 6.07) is 9.89. The van der Waals surface area contributed by atoms with Gasteiger partial charge < -0.3 is 4.90 Å². The molecule has 1 aromatic rings. The third-order valence-corrected chi connectivity index (χ3v) is 2.16. The molecule has 0 aliphatic rings. The first kappa shape index (κ1) is 12.2. The van der Waals surface area contributed by atoms with E-state index < -0.39 is 0 Å². The Bertz CT molecular complexity index is 381. The zero-order chi connectivity index (χ0) is 12.0. The third kappa shape index (κ3) is 3.73. The maximum absolute atomic E-state index is 11.6. The van der Waals surface area contributed by atoms with Gasteiger partial charge in [0, 0.05) is 13.1 Å². The molecule has 2 nitrogen and oxygen atoms in total. The lowest BCUT2D eigenvalue weighted by Gasteiger charge is -2.21. The van der Waals surface area contributed by atoms with Crippen molar-refractivity contribution in [1.29, 1.82) is 0 Å². The predicted molar refractivity (Wildman–Crippen MR) is 66.9 cm³/mol. The number of hydrogen-bond donors (Lipinski definition) is 0. The molecule has 0 saturated carbocycles. The Kier molecular flexibility index (Phi) is 4.52. The van der Waals surface area contributed by atoms with E-state index in [4.69, 9.17) is 0 Å². The number of hydrogen-bond acceptors (Lipinski definition) is 1. The molecule has 0 aromatic heterocycles. The van der Waals surface area contributed by atoms with Crippen LogP contribution in [0.4, 0.5) is 0 Å². The topological polar surface area (TPSA) is 20.3 Å². The van der Waals surface area contributed by atoms with Crippen molar-refractivity contribution < 1.29 is 4.79 Å². The van der Waals surface area contributed by atoms with Gasteiger partial charge in [-0.3, -0.25) is 4.79 Å². The Morgan fingerprint density at radius 2 is 2.00 bits per heavy atom. The Labute approximate surface area is 96.9 Å². The van der Waals surface area contributed by atoms with E-state index >= 15 is 0 Å². The number of benzene rings is 1. The molecule has 16 heavy (non-hydrogen) atoms. The van der Waals surface area contributed by atoms with Crippen molar-refractivity contribution in [3.8, 4) is 0 Å². The van der Waals surface area contributed by atoms with E-state index in [0.29, 0.717) is 13.1 Å². The van der Waals surface area contributed by atoms with E-state index in [1.165, 1.54) is 6.08 Å². The highest BCUT2D eigenvalue weighted by Gasteiger charge is 2.10. The number of amides is 1. The average Bonchev–Trinajstić information content (AvgIpc) is 2.28. The molecule has 2 heteroatoms. The molecule has 0 spiro atoms. The third-order valence-electron chi connectivity index (χ3n) is 2.16. The van der Waals surface area contributed by atoms with Crippen LogP contribution in [0.15, 0.2) is 55.1 Å². The largest absolute Gasteiger partial charge is 0.331 e. The second kappa shape index (κ2) is 5.91. The molecule has 0 bridgehead atoms. The maximum Gasteiger partial charge on any atom is 0.246 e. The van der Waals surface area contributed by atoms with E-state index in [1.807, 2.05) is 37.3 Å². The second-order valence-electron chi connectivity index (χ2n) is 3.84. The summed E-state index contributed by atoms with van der Waals surface area (Å²) in [6.07, 6.45) is 1.34. The minimum Gasteiger partial charge on any atom is -0.331 e. The minimum absolute atomic E-state index is 0.0631. The first-order chi connectivity index (χ1) is 7.63. The number of carbonyl (C=O) groups excluding carboxylic acids is 1. The first-order valence-electron chi connectivity index (χ1n) is 5.23. The molecule has 0 N–H and O–H groups in total. The van der Waals surface area contributed by atoms with Crippen molar-refractivity contribution in [3.63, 3.8) is 0 Å². The average molecular weight is 215 g/mol. The van der Waals surface area contributed by atoms with Gasteiger partial charge in [0.25, 0.3) is 0 Å². The van der Waals surface area contributed by atoms with Gasteiger partial charge in [-0.05, 0) is 18.6 Å². The van der Waals surface area contributed by atoms with Crippen LogP contribution in [0.25, 0.3) is 0 Å². The SMILES string of the molecule is C=CC(=O)N(CC(=C)C)Cc1ccccc1. The van der Waals surface area contributed by atoms with Gasteiger partial charge in [0.1, 0.15) is 0 Å². The molecule has 0 atom stereocenters. The van der Waals surface area contributed by atoms with Gasteiger partial charge in [0.05, 0.1) is 0 Å². The highest BCUT2D eigenvalue weighted by molar-refractivity contribution is 5.87. The summed E-state index contributed by atoms with van der Waals surface area (Å²) in [5.41, 5.74) is 2.07. The molecule has 0 aliphatic heterocycles. The molecule has 0 fully saturated rings. The quantitative estimate of drug-likeness (QED) is 0.546. The fraction of sp³-hybridized carbons (Fsp3) is 0.214. The molecule has 1 rings (SSSR count). The highest BCUT2D eigenvalue weighted by atomic mass is 16.2. The van der Waals surface area contributed by atoms with Gasteiger partial charge >= 0.3 is 0 Å². The van der Waals surface area contributed by atoms with Crippen LogP contribution in [0, 0.1) is 0 Å². The molecule has 84 valence electrons. The molecule has 0 saturated heterocycles. The van der Waals surface area contributed by atoms with Gasteiger partial charge in [0.2, 0.25) is 5.91 Å². The van der Waals surface area contributed by atoms with Crippen molar-refractivity contribution in [2.45, 2.75) is 13.5 Å². The molecule has 1 amide bonds. The van der Waals surface area contributed by atoms with Crippen molar-refractivity contribution in [3.05, 3.63) is 60.7 Å². The molecule has 1 aromatic carbocycles. The predicted octanol–water partition coefficient (Wildman–Crippen LogP) is 2.78. The summed E-state index contributed by atoms with van der Waals surface area (Å²) in [4.78, 5) is 13.3. The number of nitrogens with zero attached hydrogens (tertiary/aromatic N) is 1. The van der Waals surface area contributed by atoms with Crippen LogP contribution in [0.3, 0.4) is 0 Å². The van der Waals surface area contributed by atoms with Crippen LogP contribution in [0.2, 0.25) is 0 Å². The zero-order valence-electron chi connectivity index (χ0n) is 9.65. The summed E-state index contributed by atoms with van der Waals surface area (Å²) in [5.74, 6) is -0.0631. The minimum atomic E-state index is -0.0631. The lowest BCUT2D eigenvalue weighted by Crippen LogP contribution is -2.30. The Morgan fingerprint density at radius 1 is 1.38 bits per heavy atom. The molecule has 0 unspecified atom stereocenters. The maximum atomic E-state index is 11.6. The Morgan fingerprint density at radius 3 is 2.50 bits per heavy atom. The second-order valence-corrected chi connectivity index (χ2v) is 3.84. The first-order valence-corrected chi connectivity index (χ1v) is 5.23. The lowest BCUT2D eigenvalue weighted by atomic mass is 10.2. The molecule has 0 heterocycles. The summed E-state index contributed by atoms with van der Waals surface area (Å²) in [7, 11) is 0. The van der Waals surface area contributed by atoms with E-state index in [1.54, 1.807) is 4.90 Å². The van der Waals surface area contributed by atoms with E-state index in [9.17, 15) is 4.79 Å². The van der Waals surface area contributed by atoms with Crippen molar-refractivity contribution in [1.82, 2.24) is 4.90 Å². The van der Waals surface area contributed by atoms with Gasteiger partial charge in [-0.2, -0.15) is 0 Å². The molecular weight excluding hydrogens is 198 g/mol.